The topological polar surface area (TPSA) is 131 Å². The third-order valence-corrected chi connectivity index (χ3v) is 9.09. The van der Waals surface area contributed by atoms with Crippen LogP contribution in [0.15, 0.2) is 60.2 Å². The number of hydrogen-bond acceptors (Lipinski definition) is 6. The van der Waals surface area contributed by atoms with Crippen molar-refractivity contribution in [2.24, 2.45) is 5.41 Å². The minimum absolute atomic E-state index is 0.107. The number of aliphatic carboxylic acids is 1. The summed E-state index contributed by atoms with van der Waals surface area (Å²) in [5.74, 6) is -2.23. The van der Waals surface area contributed by atoms with E-state index in [2.05, 4.69) is 30.3 Å². The number of carbonyl (C=O) groups is 4. The van der Waals surface area contributed by atoms with Gasteiger partial charge in [0, 0.05) is 24.2 Å². The Balaban J connectivity index is 2.10. The van der Waals surface area contributed by atoms with Crippen molar-refractivity contribution >= 4 is 60.6 Å². The van der Waals surface area contributed by atoms with Crippen molar-refractivity contribution in [2.75, 3.05) is 10.6 Å². The first-order valence-corrected chi connectivity index (χ1v) is 19.3. The summed E-state index contributed by atoms with van der Waals surface area (Å²) in [5.41, 5.74) is -1.22. The van der Waals surface area contributed by atoms with E-state index in [0.717, 1.165) is 6.04 Å². The molecule has 9 nitrogen and oxygen atoms in total. The van der Waals surface area contributed by atoms with Gasteiger partial charge < -0.3 is 19.9 Å². The minimum Gasteiger partial charge on any atom is -0.481 e. The van der Waals surface area contributed by atoms with Crippen LogP contribution in [0.25, 0.3) is 5.57 Å². The fraction of sp³-hybridized carbons (Fsp3) is 0.429. The molecule has 0 bridgehead atoms. The number of nitrogens with one attached hydrogen (secondary N) is 2. The molecule has 0 radical (unpaired) electrons. The lowest BCUT2D eigenvalue weighted by atomic mass is 9.73. The van der Waals surface area contributed by atoms with Crippen LogP contribution in [-0.2, 0) is 19.1 Å². The third-order valence-electron chi connectivity index (χ3n) is 7.11. The van der Waals surface area contributed by atoms with Crippen LogP contribution in [0.3, 0.4) is 0 Å². The Bertz CT molecular complexity index is 1580. The van der Waals surface area contributed by atoms with Gasteiger partial charge in [0.15, 0.2) is 0 Å². The van der Waals surface area contributed by atoms with Crippen LogP contribution in [0.5, 0.6) is 0 Å². The molecule has 1 unspecified atom stereocenters. The van der Waals surface area contributed by atoms with Crippen LogP contribution in [0.2, 0.25) is 30.7 Å². The maximum absolute atomic E-state index is 13.9. The first kappa shape index (κ1) is 36.6. The highest BCUT2D eigenvalue weighted by Gasteiger charge is 2.43. The number of esters is 1. The van der Waals surface area contributed by atoms with Crippen molar-refractivity contribution < 1.29 is 33.8 Å². The lowest BCUT2D eigenvalue weighted by Crippen LogP contribution is -2.36. The van der Waals surface area contributed by atoms with E-state index in [1.54, 1.807) is 90.1 Å². The lowest BCUT2D eigenvalue weighted by Gasteiger charge is -2.34. The van der Waals surface area contributed by atoms with E-state index in [-0.39, 0.29) is 17.6 Å². The molecule has 2 aromatic carbocycles. The first-order chi connectivity index (χ1) is 21.1. The smallest absolute Gasteiger partial charge is 0.412 e. The first-order valence-electron chi connectivity index (χ1n) is 15.2. The summed E-state index contributed by atoms with van der Waals surface area (Å²) in [5, 5.41) is 16.3. The summed E-state index contributed by atoms with van der Waals surface area (Å²) in [7, 11) is -1.63. The van der Waals surface area contributed by atoms with Crippen molar-refractivity contribution in [3.8, 4) is 0 Å². The molecule has 11 heteroatoms. The maximum Gasteiger partial charge on any atom is 0.412 e. The number of para-hydroxylation sites is 2. The highest BCUT2D eigenvalue weighted by molar-refractivity contribution is 6.76. The highest BCUT2D eigenvalue weighted by Crippen LogP contribution is 2.44. The average Bonchev–Trinajstić information content (AvgIpc) is 2.90. The van der Waals surface area contributed by atoms with Crippen LogP contribution in [0.4, 0.5) is 16.2 Å². The molecule has 0 saturated carbocycles. The van der Waals surface area contributed by atoms with E-state index in [0.29, 0.717) is 34.0 Å². The molecule has 2 aromatic rings. The molecule has 0 spiro atoms. The van der Waals surface area contributed by atoms with E-state index in [4.69, 9.17) is 21.1 Å². The Hall–Kier alpha value is -3.89. The lowest BCUT2D eigenvalue weighted by molar-refractivity contribution is -0.151. The van der Waals surface area contributed by atoms with E-state index in [1.807, 2.05) is 0 Å². The summed E-state index contributed by atoms with van der Waals surface area (Å²) in [6.07, 6.45) is 2.79. The number of hydrogen-bond donors (Lipinski definition) is 3. The minimum atomic E-state index is -1.63. The Morgan fingerprint density at radius 1 is 0.913 bits per heavy atom. The fourth-order valence-electron chi connectivity index (χ4n) is 4.85. The van der Waals surface area contributed by atoms with Gasteiger partial charge in [-0.15, -0.1) is 0 Å². The normalized spacial score (nSPS) is 16.9. The van der Waals surface area contributed by atoms with Crippen molar-refractivity contribution in [3.05, 3.63) is 76.3 Å². The maximum atomic E-state index is 13.9. The van der Waals surface area contributed by atoms with Crippen LogP contribution in [0, 0.1) is 5.41 Å². The third kappa shape index (κ3) is 10.1. The number of allylic oxidation sites excluding steroid dienone is 2. The molecule has 0 aromatic heterocycles. The Labute approximate surface area is 277 Å². The molecule has 0 aliphatic heterocycles. The van der Waals surface area contributed by atoms with E-state index >= 15 is 0 Å². The van der Waals surface area contributed by atoms with Gasteiger partial charge in [0.05, 0.1) is 16.8 Å². The van der Waals surface area contributed by atoms with Gasteiger partial charge in [-0.05, 0) is 95.9 Å². The van der Waals surface area contributed by atoms with Crippen LogP contribution in [0.1, 0.15) is 70.3 Å². The molecule has 0 saturated heterocycles. The van der Waals surface area contributed by atoms with Crippen molar-refractivity contribution in [1.82, 2.24) is 0 Å². The number of rotatable bonds is 9. The van der Waals surface area contributed by atoms with Crippen LogP contribution in [-0.4, -0.2) is 48.3 Å². The number of carboxylic acids is 1. The second kappa shape index (κ2) is 13.8. The fourth-order valence-corrected chi connectivity index (χ4v) is 6.22. The molecule has 1 aliphatic rings. The summed E-state index contributed by atoms with van der Waals surface area (Å²) in [4.78, 5) is 52.8. The van der Waals surface area contributed by atoms with Crippen LogP contribution < -0.4 is 10.6 Å². The number of carbonyl (C=O) groups excluding carboxylic acids is 3. The summed E-state index contributed by atoms with van der Waals surface area (Å²) < 4.78 is 11.1. The monoisotopic (exact) mass is 668 g/mol. The summed E-state index contributed by atoms with van der Waals surface area (Å²) in [6, 6.07) is 12.1. The molecule has 3 rings (SSSR count). The summed E-state index contributed by atoms with van der Waals surface area (Å²) >= 11 is 6.43. The molecule has 1 aliphatic carbocycles. The molecule has 248 valence electrons. The largest absolute Gasteiger partial charge is 0.481 e. The van der Waals surface area contributed by atoms with Crippen molar-refractivity contribution in [3.63, 3.8) is 0 Å². The molecule has 2 amide bonds. The molecule has 0 fully saturated rings. The van der Waals surface area contributed by atoms with Gasteiger partial charge in [0.1, 0.15) is 11.2 Å². The van der Waals surface area contributed by atoms with Crippen LogP contribution >= 0.6 is 11.6 Å². The number of anilines is 2. The van der Waals surface area contributed by atoms with Gasteiger partial charge in [-0.1, -0.05) is 61.6 Å². The predicted octanol–water partition coefficient (Wildman–Crippen LogP) is 8.79. The summed E-state index contributed by atoms with van der Waals surface area (Å²) in [6.45, 7) is 17.0. The zero-order valence-corrected chi connectivity index (χ0v) is 29.8. The predicted molar refractivity (Wildman–Crippen MR) is 185 cm³/mol. The standard InChI is InChI=1S/C35H45ClN2O7Si/c1-33(2,3)44-30(40)26-21-35(31(41)42,18-19-46(7,8)9)17-16-23(26)25-20-22(36)14-15-24(25)29(39)37-27-12-10-11-13-28(27)38-32(43)45-34(4,5)6/h10-17,20H,18-19,21H2,1-9H3,(H,37,39)(H,38,43)(H,41,42). The van der Waals surface area contributed by atoms with Gasteiger partial charge in [-0.25, -0.2) is 9.59 Å². The molecular weight excluding hydrogens is 624 g/mol. The Kier molecular flexibility index (Phi) is 11.0. The Morgan fingerprint density at radius 2 is 1.50 bits per heavy atom. The van der Waals surface area contributed by atoms with Gasteiger partial charge in [0.25, 0.3) is 5.91 Å². The van der Waals surface area contributed by atoms with Gasteiger partial charge in [-0.2, -0.15) is 0 Å². The average molecular weight is 669 g/mol. The van der Waals surface area contributed by atoms with Gasteiger partial charge in [-0.3, -0.25) is 14.9 Å². The second-order valence-corrected chi connectivity index (χ2v) is 20.8. The SMILES string of the molecule is CC(C)(C)OC(=O)Nc1ccccc1NC(=O)c1ccc(Cl)cc1C1=C(C(=O)OC(C)(C)C)CC(CC[Si](C)(C)C)(C(=O)O)C=C1. The number of amides is 2. The molecular formula is C35H45ClN2O7Si. The highest BCUT2D eigenvalue weighted by atomic mass is 35.5. The van der Waals surface area contributed by atoms with E-state index < -0.39 is 48.6 Å². The van der Waals surface area contributed by atoms with Crippen molar-refractivity contribution in [1.29, 1.82) is 0 Å². The number of ether oxygens (including phenoxy) is 2. The molecule has 3 N–H and O–H groups in total. The number of halogens is 1. The van der Waals surface area contributed by atoms with Gasteiger partial charge in [0.2, 0.25) is 0 Å². The molecule has 1 atom stereocenters. The van der Waals surface area contributed by atoms with Crippen molar-refractivity contribution in [2.45, 2.75) is 91.3 Å². The number of carboxylic acid groups (broad SMARTS) is 1. The quantitative estimate of drug-likeness (QED) is 0.180. The second-order valence-electron chi connectivity index (χ2n) is 14.7. The Morgan fingerprint density at radius 3 is 2.04 bits per heavy atom. The van der Waals surface area contributed by atoms with E-state index in [9.17, 15) is 24.3 Å². The van der Waals surface area contributed by atoms with E-state index in [1.165, 1.54) is 6.07 Å². The number of benzene rings is 2. The zero-order chi connectivity index (χ0) is 34.7. The van der Waals surface area contributed by atoms with Gasteiger partial charge >= 0.3 is 18.0 Å². The molecule has 46 heavy (non-hydrogen) atoms. The molecule has 0 heterocycles. The zero-order valence-electron chi connectivity index (χ0n) is 28.1.